The van der Waals surface area contributed by atoms with Crippen LogP contribution < -0.4 is 4.74 Å². The lowest BCUT2D eigenvalue weighted by atomic mass is 9.60. The van der Waals surface area contributed by atoms with Crippen molar-refractivity contribution in [1.29, 1.82) is 0 Å². The highest BCUT2D eigenvalue weighted by Crippen LogP contribution is 2.54. The summed E-state index contributed by atoms with van der Waals surface area (Å²) in [6.07, 6.45) is 12.9. The lowest BCUT2D eigenvalue weighted by Crippen LogP contribution is -2.54. The summed E-state index contributed by atoms with van der Waals surface area (Å²) < 4.78 is 7.09. The van der Waals surface area contributed by atoms with E-state index in [1.165, 1.54) is 60.4 Å². The minimum atomic E-state index is -0.0528. The molecule has 2 bridgehead atoms. The van der Waals surface area contributed by atoms with Crippen LogP contribution >= 0.6 is 0 Å². The number of hydrogen-bond acceptors (Lipinski definition) is 1. The zero-order chi connectivity index (χ0) is 17.9. The third-order valence-corrected chi connectivity index (χ3v) is 7.12. The van der Waals surface area contributed by atoms with Crippen LogP contribution in [0.4, 0.5) is 0 Å². The molecule has 2 aromatic rings. The van der Waals surface area contributed by atoms with Gasteiger partial charge in [0.25, 0.3) is 0 Å². The van der Waals surface area contributed by atoms with E-state index in [9.17, 15) is 0 Å². The van der Waals surface area contributed by atoms with Crippen molar-refractivity contribution in [1.82, 2.24) is 0 Å². The number of rotatable bonds is 0. The maximum Gasteiger partial charge on any atom is 0.136 e. The molecule has 0 radical (unpaired) electrons. The molecule has 26 heavy (non-hydrogen) atoms. The number of fused-ring (bicyclic) bond motifs is 3. The standard InChI is InChI=1S/C25H30O/c1-24(2,3)22-16-17-8-4-5-13-20(17)23-21(22)14-15-25(26-23)18-9-6-10-19(25)12-7-11-18/h4-5,8,13-16,18-19H,6-7,9-12H2,1-3H3. The SMILES string of the molecule is CC(C)(C)c1cc2ccccc2c2c1C=CC1(O2)C2CCCC1CCC2. The van der Waals surface area contributed by atoms with Gasteiger partial charge in [0, 0.05) is 22.8 Å². The largest absolute Gasteiger partial charge is 0.481 e. The Kier molecular flexibility index (Phi) is 3.55. The van der Waals surface area contributed by atoms with Crippen molar-refractivity contribution in [2.24, 2.45) is 11.8 Å². The second-order valence-electron chi connectivity index (χ2n) is 9.68. The average Bonchev–Trinajstić information content (AvgIpc) is 2.60. The van der Waals surface area contributed by atoms with Crippen LogP contribution in [-0.2, 0) is 5.41 Å². The Morgan fingerprint density at radius 3 is 2.27 bits per heavy atom. The molecule has 5 rings (SSSR count). The molecule has 1 spiro atoms. The summed E-state index contributed by atoms with van der Waals surface area (Å²) in [4.78, 5) is 0. The smallest absolute Gasteiger partial charge is 0.136 e. The highest BCUT2D eigenvalue weighted by atomic mass is 16.5. The molecular formula is C25H30O. The molecule has 0 aromatic heterocycles. The first kappa shape index (κ1) is 16.4. The van der Waals surface area contributed by atoms with Gasteiger partial charge in [-0.3, -0.25) is 0 Å². The second-order valence-corrected chi connectivity index (χ2v) is 9.68. The van der Waals surface area contributed by atoms with Crippen LogP contribution in [0, 0.1) is 11.8 Å². The Labute approximate surface area is 157 Å². The number of benzene rings is 2. The van der Waals surface area contributed by atoms with E-state index in [1.807, 2.05) is 0 Å². The van der Waals surface area contributed by atoms with Crippen molar-refractivity contribution in [2.75, 3.05) is 0 Å². The van der Waals surface area contributed by atoms with Gasteiger partial charge in [0.2, 0.25) is 0 Å². The van der Waals surface area contributed by atoms with E-state index in [0.717, 1.165) is 5.75 Å². The van der Waals surface area contributed by atoms with Crippen molar-refractivity contribution >= 4 is 16.8 Å². The van der Waals surface area contributed by atoms with Crippen molar-refractivity contribution < 1.29 is 4.74 Å². The fourth-order valence-corrected chi connectivity index (χ4v) is 5.84. The van der Waals surface area contributed by atoms with Crippen LogP contribution in [0.2, 0.25) is 0 Å². The molecule has 0 saturated heterocycles. The fourth-order valence-electron chi connectivity index (χ4n) is 5.84. The zero-order valence-corrected chi connectivity index (χ0v) is 16.3. The summed E-state index contributed by atoms with van der Waals surface area (Å²) in [5, 5.41) is 2.59. The van der Waals surface area contributed by atoms with Gasteiger partial charge in [-0.2, -0.15) is 0 Å². The minimum absolute atomic E-state index is 0.0528. The Hall–Kier alpha value is -1.76. The summed E-state index contributed by atoms with van der Waals surface area (Å²) in [5.74, 6) is 2.53. The van der Waals surface area contributed by atoms with Gasteiger partial charge >= 0.3 is 0 Å². The third kappa shape index (κ3) is 2.29. The van der Waals surface area contributed by atoms with E-state index in [2.05, 4.69) is 63.3 Å². The van der Waals surface area contributed by atoms with Crippen LogP contribution in [0.25, 0.3) is 16.8 Å². The van der Waals surface area contributed by atoms with Crippen LogP contribution in [-0.4, -0.2) is 5.60 Å². The Morgan fingerprint density at radius 2 is 1.62 bits per heavy atom. The topological polar surface area (TPSA) is 9.23 Å². The molecular weight excluding hydrogens is 316 g/mol. The maximum atomic E-state index is 7.09. The van der Waals surface area contributed by atoms with E-state index >= 15 is 0 Å². The summed E-state index contributed by atoms with van der Waals surface area (Å²) in [7, 11) is 0. The molecule has 2 aromatic carbocycles. The van der Waals surface area contributed by atoms with E-state index in [1.54, 1.807) is 0 Å². The molecule has 1 heteroatoms. The van der Waals surface area contributed by atoms with Gasteiger partial charge in [-0.25, -0.2) is 0 Å². The van der Waals surface area contributed by atoms with Gasteiger partial charge in [-0.05, 0) is 54.2 Å². The quantitative estimate of drug-likeness (QED) is 0.505. The molecule has 0 unspecified atom stereocenters. The Bertz CT molecular complexity index is 861. The first-order valence-electron chi connectivity index (χ1n) is 10.4. The fraction of sp³-hybridized carbons (Fsp3) is 0.520. The van der Waals surface area contributed by atoms with Crippen molar-refractivity contribution in [3.63, 3.8) is 0 Å². The van der Waals surface area contributed by atoms with E-state index < -0.39 is 0 Å². The molecule has 0 amide bonds. The number of ether oxygens (including phenoxy) is 1. The lowest BCUT2D eigenvalue weighted by molar-refractivity contribution is -0.0605. The zero-order valence-electron chi connectivity index (χ0n) is 16.3. The normalized spacial score (nSPS) is 30.3. The highest BCUT2D eigenvalue weighted by Gasteiger charge is 2.51. The van der Waals surface area contributed by atoms with E-state index in [0.29, 0.717) is 11.8 Å². The molecule has 136 valence electrons. The van der Waals surface area contributed by atoms with Crippen LogP contribution in [0.1, 0.15) is 70.4 Å². The molecule has 0 atom stereocenters. The molecule has 2 fully saturated rings. The van der Waals surface area contributed by atoms with Crippen LogP contribution in [0.3, 0.4) is 0 Å². The molecule has 3 aliphatic rings. The Morgan fingerprint density at radius 1 is 0.962 bits per heavy atom. The molecule has 2 aliphatic carbocycles. The number of hydrogen-bond donors (Lipinski definition) is 0. The van der Waals surface area contributed by atoms with Gasteiger partial charge in [0.1, 0.15) is 11.4 Å². The first-order valence-corrected chi connectivity index (χ1v) is 10.4. The lowest BCUT2D eigenvalue weighted by Gasteiger charge is -2.52. The second kappa shape index (κ2) is 5.62. The van der Waals surface area contributed by atoms with Gasteiger partial charge in [0.15, 0.2) is 0 Å². The van der Waals surface area contributed by atoms with Crippen molar-refractivity contribution in [2.45, 2.75) is 70.3 Å². The predicted molar refractivity (Wildman–Crippen MR) is 110 cm³/mol. The van der Waals surface area contributed by atoms with Crippen LogP contribution in [0.5, 0.6) is 5.75 Å². The van der Waals surface area contributed by atoms with Gasteiger partial charge in [0.05, 0.1) is 0 Å². The maximum absolute atomic E-state index is 7.09. The molecule has 1 nitrogen and oxygen atoms in total. The summed E-state index contributed by atoms with van der Waals surface area (Å²) >= 11 is 0. The molecule has 1 aliphatic heterocycles. The minimum Gasteiger partial charge on any atom is -0.481 e. The van der Waals surface area contributed by atoms with Crippen LogP contribution in [0.15, 0.2) is 36.4 Å². The average molecular weight is 347 g/mol. The van der Waals surface area contributed by atoms with Gasteiger partial charge in [-0.1, -0.05) is 64.0 Å². The Balaban J connectivity index is 1.74. The highest BCUT2D eigenvalue weighted by molar-refractivity contribution is 5.94. The molecule has 0 N–H and O–H groups in total. The first-order chi connectivity index (χ1) is 12.5. The molecule has 1 heterocycles. The monoisotopic (exact) mass is 346 g/mol. The van der Waals surface area contributed by atoms with E-state index in [4.69, 9.17) is 4.74 Å². The van der Waals surface area contributed by atoms with Crippen molar-refractivity contribution in [3.8, 4) is 5.75 Å². The summed E-state index contributed by atoms with van der Waals surface area (Å²) in [6, 6.07) is 11.1. The van der Waals surface area contributed by atoms with Crippen molar-refractivity contribution in [3.05, 3.63) is 47.5 Å². The third-order valence-electron chi connectivity index (χ3n) is 7.12. The molecule has 2 saturated carbocycles. The summed E-state index contributed by atoms with van der Waals surface area (Å²) in [6.45, 7) is 6.93. The van der Waals surface area contributed by atoms with Gasteiger partial charge < -0.3 is 4.74 Å². The predicted octanol–water partition coefficient (Wildman–Crippen LogP) is 6.88. The van der Waals surface area contributed by atoms with Gasteiger partial charge in [-0.15, -0.1) is 0 Å². The summed E-state index contributed by atoms with van der Waals surface area (Å²) in [5.41, 5.74) is 2.76. The van der Waals surface area contributed by atoms with E-state index in [-0.39, 0.29) is 11.0 Å².